The van der Waals surface area contributed by atoms with Crippen molar-refractivity contribution in [3.05, 3.63) is 71.7 Å². The van der Waals surface area contributed by atoms with Gasteiger partial charge in [0, 0.05) is 18.6 Å². The number of benzene rings is 1. The van der Waals surface area contributed by atoms with Crippen molar-refractivity contribution in [3.8, 4) is 0 Å². The normalized spacial score (nSPS) is 12.6. The van der Waals surface area contributed by atoms with Crippen LogP contribution in [0.3, 0.4) is 0 Å². The molecule has 1 heterocycles. The molecule has 0 aliphatic heterocycles. The molecule has 0 fully saturated rings. The predicted octanol–water partition coefficient (Wildman–Crippen LogP) is 0.237. The predicted molar refractivity (Wildman–Crippen MR) is 79.3 cm³/mol. The quantitative estimate of drug-likeness (QED) is 0.598. The first-order chi connectivity index (χ1) is 9.20. The van der Waals surface area contributed by atoms with Crippen molar-refractivity contribution in [2.24, 2.45) is 5.73 Å². The van der Waals surface area contributed by atoms with Gasteiger partial charge in [-0.1, -0.05) is 42.8 Å². The molecule has 3 heteroatoms. The van der Waals surface area contributed by atoms with Gasteiger partial charge in [0.1, 0.15) is 0 Å². The summed E-state index contributed by atoms with van der Waals surface area (Å²) in [5, 5.41) is 0. The van der Waals surface area contributed by atoms with E-state index in [2.05, 4.69) is 61.1 Å². The van der Waals surface area contributed by atoms with Crippen molar-refractivity contribution >= 4 is 6.08 Å². The number of halogens is 1. The second-order valence-corrected chi connectivity index (χ2v) is 4.80. The highest BCUT2D eigenvalue weighted by molar-refractivity contribution is 5.52. The van der Waals surface area contributed by atoms with Gasteiger partial charge in [0.15, 0.2) is 18.4 Å². The lowest BCUT2D eigenvalue weighted by molar-refractivity contribution is -0.714. The van der Waals surface area contributed by atoms with Crippen molar-refractivity contribution < 1.29 is 28.5 Å². The van der Waals surface area contributed by atoms with Crippen LogP contribution in [0.2, 0.25) is 0 Å². The van der Waals surface area contributed by atoms with E-state index in [0.717, 1.165) is 17.7 Å². The third-order valence-corrected chi connectivity index (χ3v) is 3.28. The van der Waals surface area contributed by atoms with E-state index in [1.165, 1.54) is 5.56 Å². The van der Waals surface area contributed by atoms with Crippen LogP contribution >= 0.6 is 0 Å². The Labute approximate surface area is 138 Å². The van der Waals surface area contributed by atoms with E-state index < -0.39 is 0 Å². The third kappa shape index (κ3) is 4.34. The summed E-state index contributed by atoms with van der Waals surface area (Å²) in [6, 6.07) is 14.7. The van der Waals surface area contributed by atoms with E-state index in [0.29, 0.717) is 0 Å². The number of aromatic nitrogens is 1. The van der Waals surface area contributed by atoms with Crippen molar-refractivity contribution in [2.75, 3.05) is 0 Å². The Kier molecular flexibility index (Phi) is 6.71. The Balaban J connectivity index is 0.00000200. The lowest BCUT2D eigenvalue weighted by Crippen LogP contribution is -3.00. The average Bonchev–Trinajstić information content (AvgIpc) is 2.43. The molecule has 0 aliphatic rings. The van der Waals surface area contributed by atoms with Crippen LogP contribution in [0.5, 0.6) is 0 Å². The molecule has 1 atom stereocenters. The maximum Gasteiger partial charge on any atom is 0.197 e. The number of nitrogens with two attached hydrogens (primary N) is 1. The molecule has 1 aromatic heterocycles. The zero-order valence-corrected chi connectivity index (χ0v) is 14.1. The highest BCUT2D eigenvalue weighted by atomic mass is 127. The van der Waals surface area contributed by atoms with Gasteiger partial charge in [-0.3, -0.25) is 0 Å². The van der Waals surface area contributed by atoms with Crippen LogP contribution in [-0.2, 0) is 0 Å². The Bertz CT molecular complexity index is 547. The summed E-state index contributed by atoms with van der Waals surface area (Å²) < 4.78 is 2.15. The highest BCUT2D eigenvalue weighted by Crippen LogP contribution is 2.14. The van der Waals surface area contributed by atoms with Crippen molar-refractivity contribution in [1.82, 2.24) is 0 Å². The van der Waals surface area contributed by atoms with Crippen LogP contribution in [0.25, 0.3) is 6.08 Å². The fraction of sp³-hybridized carbons (Fsp3) is 0.235. The minimum Gasteiger partial charge on any atom is -1.00 e. The van der Waals surface area contributed by atoms with Gasteiger partial charge in [0.05, 0.1) is 5.70 Å². The Morgan fingerprint density at radius 2 is 1.75 bits per heavy atom. The fourth-order valence-corrected chi connectivity index (χ4v) is 2.19. The van der Waals surface area contributed by atoms with Gasteiger partial charge in [0.25, 0.3) is 0 Å². The van der Waals surface area contributed by atoms with Gasteiger partial charge in [0.2, 0.25) is 0 Å². The molecule has 20 heavy (non-hydrogen) atoms. The van der Waals surface area contributed by atoms with Crippen LogP contribution < -0.4 is 34.3 Å². The van der Waals surface area contributed by atoms with Crippen LogP contribution in [0, 0.1) is 6.92 Å². The van der Waals surface area contributed by atoms with Crippen LogP contribution in [0.15, 0.2) is 60.6 Å². The molecule has 0 bridgehead atoms. The summed E-state index contributed by atoms with van der Waals surface area (Å²) in [7, 11) is 0. The first-order valence-corrected chi connectivity index (χ1v) is 6.70. The molecule has 2 rings (SSSR count). The zero-order chi connectivity index (χ0) is 13.7. The summed E-state index contributed by atoms with van der Waals surface area (Å²) >= 11 is 0. The van der Waals surface area contributed by atoms with E-state index >= 15 is 0 Å². The molecule has 0 radical (unpaired) electrons. The van der Waals surface area contributed by atoms with E-state index in [4.69, 9.17) is 5.73 Å². The lowest BCUT2D eigenvalue weighted by Gasteiger charge is -2.10. The number of rotatable bonds is 4. The van der Waals surface area contributed by atoms with Gasteiger partial charge < -0.3 is 29.7 Å². The molecular formula is C17H21IN2. The monoisotopic (exact) mass is 380 g/mol. The third-order valence-electron chi connectivity index (χ3n) is 3.28. The fourth-order valence-electron chi connectivity index (χ4n) is 2.19. The number of nitrogens with zero attached hydrogens (tertiary/aromatic N) is 1. The summed E-state index contributed by atoms with van der Waals surface area (Å²) in [5.74, 6) is 0. The molecule has 1 aromatic carbocycles. The second-order valence-electron chi connectivity index (χ2n) is 4.80. The summed E-state index contributed by atoms with van der Waals surface area (Å²) in [6.07, 6.45) is 7.16. The number of allylic oxidation sites excluding steroid dienone is 1. The van der Waals surface area contributed by atoms with Gasteiger partial charge in [-0.15, -0.1) is 0 Å². The molecule has 0 aliphatic carbocycles. The minimum absolute atomic E-state index is 0. The van der Waals surface area contributed by atoms with Crippen molar-refractivity contribution in [2.45, 2.75) is 26.3 Å². The molecule has 0 saturated carbocycles. The maximum absolute atomic E-state index is 6.27. The van der Waals surface area contributed by atoms with Crippen LogP contribution in [0.1, 0.15) is 30.5 Å². The molecule has 106 valence electrons. The number of aryl methyl sites for hydroxylation is 1. The molecule has 0 spiro atoms. The van der Waals surface area contributed by atoms with Crippen molar-refractivity contribution in [3.63, 3.8) is 0 Å². The molecular weight excluding hydrogens is 359 g/mol. The van der Waals surface area contributed by atoms with E-state index in [9.17, 15) is 0 Å². The maximum atomic E-state index is 6.27. The highest BCUT2D eigenvalue weighted by Gasteiger charge is 2.18. The average molecular weight is 380 g/mol. The van der Waals surface area contributed by atoms with Gasteiger partial charge in [-0.2, -0.15) is 4.57 Å². The first kappa shape index (κ1) is 16.7. The number of pyridine rings is 1. The topological polar surface area (TPSA) is 29.9 Å². The Hall–Kier alpha value is -1.36. The summed E-state index contributed by atoms with van der Waals surface area (Å²) in [5.41, 5.74) is 9.58. The SMILES string of the molecule is CCC(C(N)=Cc1ccc(C)cc1)[n+]1ccccc1.[I-]. The largest absolute Gasteiger partial charge is 1.00 e. The summed E-state index contributed by atoms with van der Waals surface area (Å²) in [4.78, 5) is 0. The smallest absolute Gasteiger partial charge is 0.197 e. The van der Waals surface area contributed by atoms with Crippen LogP contribution in [-0.4, -0.2) is 0 Å². The van der Waals surface area contributed by atoms with Gasteiger partial charge >= 0.3 is 0 Å². The van der Waals surface area contributed by atoms with Crippen molar-refractivity contribution in [1.29, 1.82) is 0 Å². The van der Waals surface area contributed by atoms with E-state index in [1.54, 1.807) is 0 Å². The molecule has 2 nitrogen and oxygen atoms in total. The first-order valence-electron chi connectivity index (χ1n) is 6.70. The molecule has 0 saturated heterocycles. The van der Waals surface area contributed by atoms with E-state index in [1.807, 2.05) is 18.2 Å². The van der Waals surface area contributed by atoms with Gasteiger partial charge in [-0.25, -0.2) is 0 Å². The molecule has 2 aromatic rings. The second kappa shape index (κ2) is 8.04. The zero-order valence-electron chi connectivity index (χ0n) is 12.0. The minimum atomic E-state index is 0. The van der Waals surface area contributed by atoms with Gasteiger partial charge in [-0.05, 0) is 18.6 Å². The Morgan fingerprint density at radius 3 is 2.30 bits per heavy atom. The molecule has 1 unspecified atom stereocenters. The molecule has 0 amide bonds. The standard InChI is InChI=1S/C17H21N2.HI/c1-3-17(19-11-5-4-6-12-19)16(18)13-15-9-7-14(2)8-10-15;/h4-13,17H,3,18H2,1-2H3;1H/q+1;/p-1. The number of hydrogen-bond donors (Lipinski definition) is 1. The van der Waals surface area contributed by atoms with Crippen LogP contribution in [0.4, 0.5) is 0 Å². The number of hydrogen-bond acceptors (Lipinski definition) is 1. The summed E-state index contributed by atoms with van der Waals surface area (Å²) in [6.45, 7) is 4.24. The molecule has 2 N–H and O–H groups in total. The Morgan fingerprint density at radius 1 is 1.15 bits per heavy atom. The van der Waals surface area contributed by atoms with E-state index in [-0.39, 0.29) is 30.0 Å². The lowest BCUT2D eigenvalue weighted by atomic mass is 10.1.